The number of carbonyl (C=O) groups excluding carboxylic acids is 1. The lowest BCUT2D eigenvalue weighted by Crippen LogP contribution is -2.42. The van der Waals surface area contributed by atoms with E-state index in [9.17, 15) is 13.2 Å². The molecule has 2 unspecified atom stereocenters. The highest BCUT2D eigenvalue weighted by Gasteiger charge is 2.23. The van der Waals surface area contributed by atoms with E-state index in [4.69, 9.17) is 4.74 Å². The largest absolute Gasteiger partial charge is 0.368 e. The van der Waals surface area contributed by atoms with Crippen LogP contribution in [0.4, 0.5) is 5.69 Å². The first-order valence-corrected chi connectivity index (χ1v) is 12.1. The van der Waals surface area contributed by atoms with Crippen LogP contribution in [0, 0.1) is 0 Å². The predicted octanol–water partition coefficient (Wildman–Crippen LogP) is 1.68. The Hall–Kier alpha value is -2.13. The second-order valence-electron chi connectivity index (χ2n) is 7.35. The van der Waals surface area contributed by atoms with Crippen LogP contribution in [0.5, 0.6) is 0 Å². The molecule has 29 heavy (non-hydrogen) atoms. The van der Waals surface area contributed by atoms with Crippen molar-refractivity contribution in [1.82, 2.24) is 10.6 Å². The molecule has 0 radical (unpaired) electrons. The van der Waals surface area contributed by atoms with Crippen LogP contribution < -0.4 is 16.0 Å². The third kappa shape index (κ3) is 8.82. The first kappa shape index (κ1) is 23.2. The van der Waals surface area contributed by atoms with E-state index >= 15 is 0 Å². The highest BCUT2D eigenvalue weighted by Crippen LogP contribution is 2.16. The van der Waals surface area contributed by atoms with Crippen LogP contribution in [0.1, 0.15) is 38.7 Å². The Bertz CT molecular complexity index is 804. The van der Waals surface area contributed by atoms with E-state index in [1.807, 2.05) is 38.1 Å². The lowest BCUT2D eigenvalue weighted by Gasteiger charge is -2.17. The van der Waals surface area contributed by atoms with Crippen molar-refractivity contribution in [3.05, 3.63) is 29.8 Å². The minimum absolute atomic E-state index is 0.0282. The normalized spacial score (nSPS) is 18.3. The number of hydrogen-bond acceptors (Lipinski definition) is 5. The fraction of sp³-hybridized carbons (Fsp3) is 0.600. The summed E-state index contributed by atoms with van der Waals surface area (Å²) in [7, 11) is -2.99. The highest BCUT2D eigenvalue weighted by atomic mass is 32.2. The van der Waals surface area contributed by atoms with Gasteiger partial charge in [-0.1, -0.05) is 12.1 Å². The van der Waals surface area contributed by atoms with Crippen molar-refractivity contribution < 1.29 is 17.9 Å². The summed E-state index contributed by atoms with van der Waals surface area (Å²) in [6.07, 6.45) is 3.05. The van der Waals surface area contributed by atoms with Crippen LogP contribution >= 0.6 is 0 Å². The van der Waals surface area contributed by atoms with Gasteiger partial charge < -0.3 is 20.7 Å². The maximum Gasteiger partial charge on any atom is 0.253 e. The van der Waals surface area contributed by atoms with Crippen molar-refractivity contribution in [2.75, 3.05) is 30.5 Å². The molecule has 0 bridgehead atoms. The van der Waals surface area contributed by atoms with Crippen LogP contribution in [0.15, 0.2) is 29.3 Å². The van der Waals surface area contributed by atoms with E-state index in [0.717, 1.165) is 24.1 Å². The Morgan fingerprint density at radius 2 is 2.17 bits per heavy atom. The lowest BCUT2D eigenvalue weighted by atomic mass is 10.2. The molecule has 1 fully saturated rings. The molecular weight excluding hydrogens is 392 g/mol. The maximum atomic E-state index is 12.2. The van der Waals surface area contributed by atoms with E-state index < -0.39 is 9.84 Å². The minimum Gasteiger partial charge on any atom is -0.368 e. The third-order valence-electron chi connectivity index (χ3n) is 4.49. The number of nitrogens with one attached hydrogen (secondary N) is 3. The molecule has 162 valence electrons. The van der Waals surface area contributed by atoms with Crippen molar-refractivity contribution in [3.8, 4) is 0 Å². The third-order valence-corrected chi connectivity index (χ3v) is 5.46. The summed E-state index contributed by atoms with van der Waals surface area (Å²) in [5.74, 6) is 0.646. The van der Waals surface area contributed by atoms with Crippen LogP contribution in [0.25, 0.3) is 0 Å². The smallest absolute Gasteiger partial charge is 0.253 e. The number of amides is 1. The Labute approximate surface area is 173 Å². The SMILES string of the molecule is CCNC(=NCc1cccc(NC(=O)C2CCCO2)c1)NC(C)CCS(C)(=O)=O. The molecular formula is C20H32N4O4S. The molecule has 1 aromatic carbocycles. The van der Waals surface area contributed by atoms with Gasteiger partial charge >= 0.3 is 0 Å². The van der Waals surface area contributed by atoms with Gasteiger partial charge in [-0.15, -0.1) is 0 Å². The average Bonchev–Trinajstić information content (AvgIpc) is 3.19. The van der Waals surface area contributed by atoms with E-state index in [1.54, 1.807) is 0 Å². The van der Waals surface area contributed by atoms with E-state index in [1.165, 1.54) is 6.26 Å². The zero-order chi connectivity index (χ0) is 21.3. The van der Waals surface area contributed by atoms with Gasteiger partial charge in [0, 0.05) is 31.1 Å². The summed E-state index contributed by atoms with van der Waals surface area (Å²) in [6.45, 7) is 5.66. The zero-order valence-corrected chi connectivity index (χ0v) is 18.2. The molecule has 0 saturated carbocycles. The van der Waals surface area contributed by atoms with E-state index in [0.29, 0.717) is 32.1 Å². The van der Waals surface area contributed by atoms with Crippen LogP contribution in [0.3, 0.4) is 0 Å². The molecule has 2 atom stereocenters. The Balaban J connectivity index is 1.94. The van der Waals surface area contributed by atoms with Crippen molar-refractivity contribution in [3.63, 3.8) is 0 Å². The predicted molar refractivity (Wildman–Crippen MR) is 116 cm³/mol. The zero-order valence-electron chi connectivity index (χ0n) is 17.4. The van der Waals surface area contributed by atoms with Gasteiger partial charge in [0.2, 0.25) is 0 Å². The van der Waals surface area contributed by atoms with Crippen LogP contribution in [-0.4, -0.2) is 57.6 Å². The molecule has 0 aliphatic carbocycles. The maximum absolute atomic E-state index is 12.2. The number of ether oxygens (including phenoxy) is 1. The minimum atomic E-state index is -2.99. The molecule has 1 amide bonds. The number of anilines is 1. The average molecular weight is 425 g/mol. The van der Waals surface area contributed by atoms with Gasteiger partial charge in [-0.3, -0.25) is 4.79 Å². The quantitative estimate of drug-likeness (QED) is 0.411. The topological polar surface area (TPSA) is 109 Å². The van der Waals surface area contributed by atoms with Gasteiger partial charge in [-0.25, -0.2) is 13.4 Å². The first-order valence-electron chi connectivity index (χ1n) is 10.0. The monoisotopic (exact) mass is 424 g/mol. The number of carbonyl (C=O) groups is 1. The molecule has 1 heterocycles. The van der Waals surface area contributed by atoms with Gasteiger partial charge in [0.25, 0.3) is 5.91 Å². The molecule has 1 saturated heterocycles. The lowest BCUT2D eigenvalue weighted by molar-refractivity contribution is -0.124. The number of sulfone groups is 1. The molecule has 9 heteroatoms. The van der Waals surface area contributed by atoms with Gasteiger partial charge in [-0.2, -0.15) is 0 Å². The molecule has 0 aromatic heterocycles. The summed E-state index contributed by atoms with van der Waals surface area (Å²) in [4.78, 5) is 16.8. The second-order valence-corrected chi connectivity index (χ2v) is 9.61. The molecule has 2 rings (SSSR count). The highest BCUT2D eigenvalue weighted by molar-refractivity contribution is 7.90. The molecule has 1 aliphatic heterocycles. The summed E-state index contributed by atoms with van der Waals surface area (Å²) < 4.78 is 28.1. The van der Waals surface area contributed by atoms with E-state index in [2.05, 4.69) is 20.9 Å². The first-order chi connectivity index (χ1) is 13.8. The molecule has 0 spiro atoms. The summed E-state index contributed by atoms with van der Waals surface area (Å²) in [5.41, 5.74) is 1.67. The number of guanidine groups is 1. The van der Waals surface area contributed by atoms with Crippen molar-refractivity contribution in [2.24, 2.45) is 4.99 Å². The summed E-state index contributed by atoms with van der Waals surface area (Å²) in [6, 6.07) is 7.54. The van der Waals surface area contributed by atoms with Gasteiger partial charge in [0.05, 0.1) is 12.3 Å². The number of nitrogens with zero attached hydrogens (tertiary/aromatic N) is 1. The Morgan fingerprint density at radius 1 is 1.38 bits per heavy atom. The van der Waals surface area contributed by atoms with Crippen molar-refractivity contribution >= 4 is 27.4 Å². The van der Waals surface area contributed by atoms with Crippen LogP contribution in [-0.2, 0) is 25.9 Å². The second kappa shape index (κ2) is 11.2. The number of benzene rings is 1. The number of hydrogen-bond donors (Lipinski definition) is 3. The molecule has 8 nitrogen and oxygen atoms in total. The molecule has 1 aromatic rings. The van der Waals surface area contributed by atoms with Gasteiger partial charge in [0.15, 0.2) is 5.96 Å². The van der Waals surface area contributed by atoms with Gasteiger partial charge in [-0.05, 0) is 50.8 Å². The fourth-order valence-corrected chi connectivity index (χ4v) is 3.72. The summed E-state index contributed by atoms with van der Waals surface area (Å²) in [5, 5.41) is 9.30. The molecule has 3 N–H and O–H groups in total. The number of rotatable bonds is 9. The van der Waals surface area contributed by atoms with Crippen LogP contribution in [0.2, 0.25) is 0 Å². The number of aliphatic imine (C=N–C) groups is 1. The Kier molecular flexibility index (Phi) is 8.91. The Morgan fingerprint density at radius 3 is 2.83 bits per heavy atom. The fourth-order valence-electron chi connectivity index (χ4n) is 2.94. The van der Waals surface area contributed by atoms with Crippen molar-refractivity contribution in [2.45, 2.75) is 51.8 Å². The summed E-state index contributed by atoms with van der Waals surface area (Å²) >= 11 is 0. The standard InChI is InChI=1S/C20H32N4O4S/c1-4-21-20(23-15(2)10-12-29(3,26)27)22-14-16-7-5-8-17(13-16)24-19(25)18-9-6-11-28-18/h5,7-8,13,15,18H,4,6,9-12,14H2,1-3H3,(H,24,25)(H2,21,22,23). The van der Waals surface area contributed by atoms with Crippen molar-refractivity contribution in [1.29, 1.82) is 0 Å². The van der Waals surface area contributed by atoms with E-state index in [-0.39, 0.29) is 23.8 Å². The van der Waals surface area contributed by atoms with Gasteiger partial charge in [0.1, 0.15) is 15.9 Å². The molecule has 1 aliphatic rings.